The SMILES string of the molecule is C[C@@H]1CN(C(=O)c2ccc(F)c(COc3ccc(F)cc3)c2)C[C@H](C)N1Cc1cn(C2CCCC=C2Br)nn1. The van der Waals surface area contributed by atoms with E-state index in [-0.39, 0.29) is 42.0 Å². The summed E-state index contributed by atoms with van der Waals surface area (Å²) in [5, 5.41) is 8.82. The molecule has 1 aliphatic heterocycles. The number of nitrogens with zero attached hydrogens (tertiary/aromatic N) is 5. The summed E-state index contributed by atoms with van der Waals surface area (Å²) >= 11 is 3.67. The molecule has 3 atom stereocenters. The smallest absolute Gasteiger partial charge is 0.253 e. The number of carbonyl (C=O) groups is 1. The standard InChI is InChI=1S/C29H32BrF2N5O2/c1-19-14-35(15-20(2)36(19)16-24-17-37(34-33-24)28-6-4-3-5-26(28)30)29(38)21-7-12-27(32)22(13-21)18-39-25-10-8-23(31)9-11-25/h5,7-13,17,19-20,28H,3-4,6,14-16,18H2,1-2H3/t19-,20+,28?. The maximum atomic E-state index is 14.5. The van der Waals surface area contributed by atoms with Gasteiger partial charge in [-0.05, 0) is 75.6 Å². The van der Waals surface area contributed by atoms with Crippen molar-refractivity contribution in [1.29, 1.82) is 0 Å². The van der Waals surface area contributed by atoms with Crippen LogP contribution in [0.1, 0.15) is 60.8 Å². The number of amides is 1. The van der Waals surface area contributed by atoms with Crippen LogP contribution in [0.25, 0.3) is 0 Å². The lowest BCUT2D eigenvalue weighted by Gasteiger charge is -2.44. The zero-order valence-corrected chi connectivity index (χ0v) is 23.7. The lowest BCUT2D eigenvalue weighted by atomic mass is 10.0. The molecule has 3 aromatic rings. The summed E-state index contributed by atoms with van der Waals surface area (Å²) in [5.74, 6) is -0.546. The highest BCUT2D eigenvalue weighted by atomic mass is 79.9. The van der Waals surface area contributed by atoms with E-state index in [0.29, 0.717) is 30.9 Å². The van der Waals surface area contributed by atoms with E-state index in [2.05, 4.69) is 51.1 Å². The van der Waals surface area contributed by atoms with Crippen molar-refractivity contribution in [3.05, 3.63) is 87.7 Å². The van der Waals surface area contributed by atoms with Crippen molar-refractivity contribution in [2.75, 3.05) is 13.1 Å². The van der Waals surface area contributed by atoms with Gasteiger partial charge in [-0.25, -0.2) is 13.5 Å². The van der Waals surface area contributed by atoms with Crippen LogP contribution in [0.4, 0.5) is 8.78 Å². The van der Waals surface area contributed by atoms with Crippen LogP contribution in [-0.2, 0) is 13.2 Å². The highest BCUT2D eigenvalue weighted by molar-refractivity contribution is 9.11. The topological polar surface area (TPSA) is 63.5 Å². The van der Waals surface area contributed by atoms with Gasteiger partial charge in [0.15, 0.2) is 0 Å². The molecule has 1 unspecified atom stereocenters. The first-order chi connectivity index (χ1) is 18.8. The molecule has 39 heavy (non-hydrogen) atoms. The van der Waals surface area contributed by atoms with E-state index in [1.807, 2.05) is 15.8 Å². The van der Waals surface area contributed by atoms with E-state index < -0.39 is 5.82 Å². The summed E-state index contributed by atoms with van der Waals surface area (Å²) in [6, 6.07) is 10.3. The van der Waals surface area contributed by atoms with Crippen LogP contribution < -0.4 is 4.74 Å². The van der Waals surface area contributed by atoms with Gasteiger partial charge in [0.1, 0.15) is 24.0 Å². The van der Waals surface area contributed by atoms with Gasteiger partial charge in [0.05, 0.1) is 17.9 Å². The quantitative estimate of drug-likeness (QED) is 0.340. The molecule has 0 spiro atoms. The third-order valence-corrected chi connectivity index (χ3v) is 8.30. The highest BCUT2D eigenvalue weighted by Crippen LogP contribution is 2.32. The van der Waals surface area contributed by atoms with E-state index >= 15 is 0 Å². The molecule has 7 nitrogen and oxygen atoms in total. The number of hydrogen-bond donors (Lipinski definition) is 0. The predicted molar refractivity (Wildman–Crippen MR) is 147 cm³/mol. The number of hydrogen-bond acceptors (Lipinski definition) is 5. The molecule has 2 heterocycles. The number of ether oxygens (including phenoxy) is 1. The Kier molecular flexibility index (Phi) is 8.42. The van der Waals surface area contributed by atoms with Crippen LogP contribution in [0.3, 0.4) is 0 Å². The number of allylic oxidation sites excluding steroid dienone is 2. The van der Waals surface area contributed by atoms with E-state index in [4.69, 9.17) is 4.74 Å². The van der Waals surface area contributed by atoms with Crippen molar-refractivity contribution in [2.24, 2.45) is 0 Å². The van der Waals surface area contributed by atoms with Crippen LogP contribution >= 0.6 is 15.9 Å². The Morgan fingerprint density at radius 2 is 1.85 bits per heavy atom. The molecular weight excluding hydrogens is 568 g/mol. The normalized spacial score (nSPS) is 22.0. The molecule has 1 fully saturated rings. The van der Waals surface area contributed by atoms with Crippen LogP contribution in [0.15, 0.2) is 59.2 Å². The summed E-state index contributed by atoms with van der Waals surface area (Å²) in [6.45, 7) is 5.90. The maximum absolute atomic E-state index is 14.5. The minimum Gasteiger partial charge on any atom is -0.489 e. The zero-order chi connectivity index (χ0) is 27.5. The number of halogens is 3. The summed E-state index contributed by atoms with van der Waals surface area (Å²) in [7, 11) is 0. The Hall–Kier alpha value is -3.11. The van der Waals surface area contributed by atoms with Gasteiger partial charge < -0.3 is 9.64 Å². The molecule has 0 N–H and O–H groups in total. The fraction of sp³-hybridized carbons (Fsp3) is 0.414. The molecule has 2 aromatic carbocycles. The van der Waals surface area contributed by atoms with E-state index in [9.17, 15) is 13.6 Å². The maximum Gasteiger partial charge on any atom is 0.253 e. The monoisotopic (exact) mass is 599 g/mol. The van der Waals surface area contributed by atoms with E-state index in [0.717, 1.165) is 29.4 Å². The van der Waals surface area contributed by atoms with E-state index in [1.165, 1.54) is 36.4 Å². The minimum atomic E-state index is -0.455. The third-order valence-electron chi connectivity index (χ3n) is 7.45. The average molecular weight is 601 g/mol. The van der Waals surface area contributed by atoms with Crippen LogP contribution in [0, 0.1) is 11.6 Å². The van der Waals surface area contributed by atoms with Gasteiger partial charge >= 0.3 is 0 Å². The molecule has 0 bridgehead atoms. The fourth-order valence-corrected chi connectivity index (χ4v) is 6.00. The highest BCUT2D eigenvalue weighted by Gasteiger charge is 2.33. The summed E-state index contributed by atoms with van der Waals surface area (Å²) in [5.41, 5.74) is 1.59. The van der Waals surface area contributed by atoms with Crippen LogP contribution in [-0.4, -0.2) is 55.9 Å². The summed E-state index contributed by atoms with van der Waals surface area (Å²) in [6.07, 6.45) is 7.49. The van der Waals surface area contributed by atoms with Gasteiger partial charge in [-0.3, -0.25) is 9.69 Å². The van der Waals surface area contributed by atoms with Crippen molar-refractivity contribution in [2.45, 2.75) is 64.4 Å². The Bertz CT molecular complexity index is 1330. The number of benzene rings is 2. The second kappa shape index (κ2) is 12.0. The Morgan fingerprint density at radius 1 is 1.10 bits per heavy atom. The Morgan fingerprint density at radius 3 is 2.56 bits per heavy atom. The lowest BCUT2D eigenvalue weighted by molar-refractivity contribution is 0.0264. The van der Waals surface area contributed by atoms with Gasteiger partial charge in [0.25, 0.3) is 5.91 Å². The van der Waals surface area contributed by atoms with Gasteiger partial charge in [0, 0.05) is 47.3 Å². The third kappa shape index (κ3) is 6.38. The second-order valence-electron chi connectivity index (χ2n) is 10.4. The van der Waals surface area contributed by atoms with Crippen molar-refractivity contribution in [3.8, 4) is 5.75 Å². The van der Waals surface area contributed by atoms with Crippen molar-refractivity contribution in [3.63, 3.8) is 0 Å². The number of aromatic nitrogens is 3. The molecule has 0 saturated carbocycles. The van der Waals surface area contributed by atoms with Gasteiger partial charge in [-0.15, -0.1) is 5.10 Å². The fourth-order valence-electron chi connectivity index (χ4n) is 5.34. The Balaban J connectivity index is 1.21. The van der Waals surface area contributed by atoms with Crippen LogP contribution in [0.5, 0.6) is 5.75 Å². The molecule has 1 saturated heterocycles. The largest absolute Gasteiger partial charge is 0.489 e. The van der Waals surface area contributed by atoms with Gasteiger partial charge in [0.2, 0.25) is 0 Å². The number of rotatable bonds is 7. The first kappa shape index (κ1) is 27.5. The number of piperazine rings is 1. The van der Waals surface area contributed by atoms with Crippen molar-refractivity contribution in [1.82, 2.24) is 24.8 Å². The van der Waals surface area contributed by atoms with Gasteiger partial charge in [-0.1, -0.05) is 27.2 Å². The molecule has 5 rings (SSSR count). The van der Waals surface area contributed by atoms with Crippen LogP contribution in [0.2, 0.25) is 0 Å². The van der Waals surface area contributed by atoms with Gasteiger partial charge in [-0.2, -0.15) is 0 Å². The molecule has 1 amide bonds. The average Bonchev–Trinajstić information content (AvgIpc) is 3.39. The molecule has 10 heteroatoms. The summed E-state index contributed by atoms with van der Waals surface area (Å²) < 4.78 is 36.3. The summed E-state index contributed by atoms with van der Waals surface area (Å²) in [4.78, 5) is 17.6. The lowest BCUT2D eigenvalue weighted by Crippen LogP contribution is -2.57. The van der Waals surface area contributed by atoms with Crippen molar-refractivity contribution >= 4 is 21.8 Å². The number of carbonyl (C=O) groups excluding carboxylic acids is 1. The predicted octanol–water partition coefficient (Wildman–Crippen LogP) is 5.87. The van der Waals surface area contributed by atoms with Crippen molar-refractivity contribution < 1.29 is 18.3 Å². The first-order valence-corrected chi connectivity index (χ1v) is 14.1. The van der Waals surface area contributed by atoms with E-state index in [1.54, 1.807) is 6.07 Å². The molecular formula is C29H32BrF2N5O2. The minimum absolute atomic E-state index is 0.0624. The molecule has 1 aromatic heterocycles. The molecule has 1 aliphatic carbocycles. The molecule has 2 aliphatic rings. The Labute approximate surface area is 235 Å². The molecule has 0 radical (unpaired) electrons. The second-order valence-corrected chi connectivity index (χ2v) is 11.3. The first-order valence-electron chi connectivity index (χ1n) is 13.3. The molecule has 206 valence electrons. The zero-order valence-electron chi connectivity index (χ0n) is 22.1.